The maximum absolute atomic E-state index is 12.9. The van der Waals surface area contributed by atoms with Crippen LogP contribution in [0.5, 0.6) is 0 Å². The second-order valence-corrected chi connectivity index (χ2v) is 6.06. The zero-order valence-electron chi connectivity index (χ0n) is 12.5. The lowest BCUT2D eigenvalue weighted by Crippen LogP contribution is -2.43. The Kier molecular flexibility index (Phi) is 4.94. The molecule has 1 heterocycles. The van der Waals surface area contributed by atoms with Crippen molar-refractivity contribution in [3.8, 4) is 0 Å². The van der Waals surface area contributed by atoms with Crippen LogP contribution in [-0.4, -0.2) is 23.5 Å². The van der Waals surface area contributed by atoms with Gasteiger partial charge in [-0.3, -0.25) is 4.90 Å². The van der Waals surface area contributed by atoms with Gasteiger partial charge in [0, 0.05) is 12.1 Å². The van der Waals surface area contributed by atoms with E-state index < -0.39 is 11.7 Å². The van der Waals surface area contributed by atoms with Crippen LogP contribution in [0.3, 0.4) is 0 Å². The van der Waals surface area contributed by atoms with E-state index in [1.165, 1.54) is 12.1 Å². The number of likely N-dealkylation sites (tertiary alicyclic amines) is 1. The van der Waals surface area contributed by atoms with Gasteiger partial charge in [-0.1, -0.05) is 18.6 Å². The van der Waals surface area contributed by atoms with Crippen LogP contribution in [0.15, 0.2) is 24.3 Å². The van der Waals surface area contributed by atoms with Gasteiger partial charge < -0.3 is 5.73 Å². The molecule has 0 aliphatic carbocycles. The van der Waals surface area contributed by atoms with Crippen LogP contribution < -0.4 is 5.73 Å². The van der Waals surface area contributed by atoms with E-state index in [9.17, 15) is 13.2 Å². The Labute approximate surface area is 124 Å². The lowest BCUT2D eigenvalue weighted by molar-refractivity contribution is -0.137. The van der Waals surface area contributed by atoms with Crippen molar-refractivity contribution >= 4 is 0 Å². The van der Waals surface area contributed by atoms with Crippen LogP contribution in [0.25, 0.3) is 0 Å². The van der Waals surface area contributed by atoms with Crippen molar-refractivity contribution in [2.75, 3.05) is 6.54 Å². The zero-order valence-corrected chi connectivity index (χ0v) is 12.5. The summed E-state index contributed by atoms with van der Waals surface area (Å²) < 4.78 is 38.8. The van der Waals surface area contributed by atoms with Crippen LogP contribution in [0.4, 0.5) is 13.2 Å². The molecule has 0 aromatic heterocycles. The van der Waals surface area contributed by atoms with Gasteiger partial charge in [-0.25, -0.2) is 0 Å². The first-order valence-corrected chi connectivity index (χ1v) is 7.49. The molecule has 1 aromatic rings. The molecule has 1 aliphatic rings. The normalized spacial score (nSPS) is 25.1. The summed E-state index contributed by atoms with van der Waals surface area (Å²) in [6.07, 6.45) is -1.39. The predicted molar refractivity (Wildman–Crippen MR) is 77.9 cm³/mol. The Morgan fingerprint density at radius 3 is 2.57 bits per heavy atom. The van der Waals surface area contributed by atoms with Gasteiger partial charge in [-0.2, -0.15) is 13.2 Å². The lowest BCUT2D eigenvalue weighted by atomic mass is 9.94. The van der Waals surface area contributed by atoms with Gasteiger partial charge in [0.1, 0.15) is 0 Å². The SMILES string of the molecule is CC(C)N1CCCCC(N)C1c1cccc(C(F)(F)F)c1. The third kappa shape index (κ3) is 3.77. The number of halogens is 3. The first-order valence-electron chi connectivity index (χ1n) is 7.49. The van der Waals surface area contributed by atoms with Crippen LogP contribution in [0, 0.1) is 0 Å². The van der Waals surface area contributed by atoms with Crippen molar-refractivity contribution in [3.05, 3.63) is 35.4 Å². The molecule has 1 fully saturated rings. The standard InChI is InChI=1S/C16H23F3N2/c1-11(2)21-9-4-3-8-14(20)15(21)12-6-5-7-13(10-12)16(17,18)19/h5-7,10-11,14-15H,3-4,8-9,20H2,1-2H3. The second-order valence-electron chi connectivity index (χ2n) is 6.06. The van der Waals surface area contributed by atoms with Gasteiger partial charge in [0.05, 0.1) is 11.6 Å². The van der Waals surface area contributed by atoms with Gasteiger partial charge in [-0.05, 0) is 50.9 Å². The summed E-state index contributed by atoms with van der Waals surface area (Å²) in [6.45, 7) is 5.02. The molecule has 0 amide bonds. The average molecular weight is 300 g/mol. The van der Waals surface area contributed by atoms with E-state index in [-0.39, 0.29) is 18.1 Å². The van der Waals surface area contributed by atoms with E-state index in [0.717, 1.165) is 31.9 Å². The molecular formula is C16H23F3N2. The molecule has 5 heteroatoms. The van der Waals surface area contributed by atoms with Crippen molar-refractivity contribution in [2.45, 2.75) is 57.4 Å². The van der Waals surface area contributed by atoms with Gasteiger partial charge in [0.15, 0.2) is 0 Å². The molecule has 1 saturated heterocycles. The van der Waals surface area contributed by atoms with E-state index in [1.807, 2.05) is 0 Å². The topological polar surface area (TPSA) is 29.3 Å². The maximum atomic E-state index is 12.9. The second kappa shape index (κ2) is 6.36. The molecule has 0 spiro atoms. The Balaban J connectivity index is 2.40. The van der Waals surface area contributed by atoms with E-state index in [0.29, 0.717) is 5.56 Å². The largest absolute Gasteiger partial charge is 0.416 e. The van der Waals surface area contributed by atoms with Crippen molar-refractivity contribution in [1.82, 2.24) is 4.90 Å². The molecule has 2 unspecified atom stereocenters. The molecule has 1 aliphatic heterocycles. The van der Waals surface area contributed by atoms with Crippen LogP contribution in [-0.2, 0) is 6.18 Å². The highest BCUT2D eigenvalue weighted by Gasteiger charge is 2.34. The van der Waals surface area contributed by atoms with Crippen molar-refractivity contribution in [2.24, 2.45) is 5.73 Å². The quantitative estimate of drug-likeness (QED) is 0.895. The Bertz CT molecular complexity index is 471. The maximum Gasteiger partial charge on any atom is 0.416 e. The number of rotatable bonds is 2. The molecule has 118 valence electrons. The minimum Gasteiger partial charge on any atom is -0.326 e. The van der Waals surface area contributed by atoms with Crippen LogP contribution in [0.2, 0.25) is 0 Å². The molecular weight excluding hydrogens is 277 g/mol. The minimum absolute atomic E-state index is 0.126. The zero-order chi connectivity index (χ0) is 15.6. The fraction of sp³-hybridized carbons (Fsp3) is 0.625. The summed E-state index contributed by atoms with van der Waals surface area (Å²) in [5, 5.41) is 0. The molecule has 2 nitrogen and oxygen atoms in total. The monoisotopic (exact) mass is 300 g/mol. The lowest BCUT2D eigenvalue weighted by Gasteiger charge is -2.37. The number of hydrogen-bond donors (Lipinski definition) is 1. The Morgan fingerprint density at radius 1 is 1.24 bits per heavy atom. The number of benzene rings is 1. The summed E-state index contributed by atoms with van der Waals surface area (Å²) in [5.74, 6) is 0. The molecule has 1 aromatic carbocycles. The molecule has 0 radical (unpaired) electrons. The van der Waals surface area contributed by atoms with E-state index in [1.54, 1.807) is 6.07 Å². The number of alkyl halides is 3. The van der Waals surface area contributed by atoms with E-state index >= 15 is 0 Å². The fourth-order valence-electron chi connectivity index (χ4n) is 3.13. The van der Waals surface area contributed by atoms with Gasteiger partial charge in [0.2, 0.25) is 0 Å². The predicted octanol–water partition coefficient (Wildman–Crippen LogP) is 3.97. The number of nitrogens with two attached hydrogens (primary N) is 1. The smallest absolute Gasteiger partial charge is 0.326 e. The van der Waals surface area contributed by atoms with Crippen molar-refractivity contribution < 1.29 is 13.2 Å². The molecule has 2 N–H and O–H groups in total. The van der Waals surface area contributed by atoms with E-state index in [4.69, 9.17) is 5.73 Å². The van der Waals surface area contributed by atoms with Gasteiger partial charge >= 0.3 is 6.18 Å². The summed E-state index contributed by atoms with van der Waals surface area (Å²) in [6, 6.07) is 5.60. The fourth-order valence-corrected chi connectivity index (χ4v) is 3.13. The first-order chi connectivity index (χ1) is 9.80. The highest BCUT2D eigenvalue weighted by Crippen LogP contribution is 2.35. The number of nitrogens with zero attached hydrogens (tertiary/aromatic N) is 1. The average Bonchev–Trinajstić information content (AvgIpc) is 2.59. The summed E-state index contributed by atoms with van der Waals surface area (Å²) in [4.78, 5) is 2.23. The molecule has 2 rings (SSSR count). The van der Waals surface area contributed by atoms with Crippen molar-refractivity contribution in [1.29, 1.82) is 0 Å². The highest BCUT2D eigenvalue weighted by atomic mass is 19.4. The molecule has 0 saturated carbocycles. The third-order valence-corrected chi connectivity index (χ3v) is 4.19. The Hall–Kier alpha value is -1.07. The van der Waals surface area contributed by atoms with Gasteiger partial charge in [0.25, 0.3) is 0 Å². The molecule has 2 atom stereocenters. The summed E-state index contributed by atoms with van der Waals surface area (Å²) in [5.41, 5.74) is 6.35. The first kappa shape index (κ1) is 16.3. The van der Waals surface area contributed by atoms with Crippen LogP contribution >= 0.6 is 0 Å². The number of hydrogen-bond acceptors (Lipinski definition) is 2. The van der Waals surface area contributed by atoms with Gasteiger partial charge in [-0.15, -0.1) is 0 Å². The minimum atomic E-state index is -4.31. The van der Waals surface area contributed by atoms with Crippen LogP contribution in [0.1, 0.15) is 50.3 Å². The highest BCUT2D eigenvalue weighted by molar-refractivity contribution is 5.29. The Morgan fingerprint density at radius 2 is 1.95 bits per heavy atom. The third-order valence-electron chi connectivity index (χ3n) is 4.19. The molecule has 21 heavy (non-hydrogen) atoms. The van der Waals surface area contributed by atoms with Crippen molar-refractivity contribution in [3.63, 3.8) is 0 Å². The summed E-state index contributed by atoms with van der Waals surface area (Å²) >= 11 is 0. The summed E-state index contributed by atoms with van der Waals surface area (Å²) in [7, 11) is 0. The van der Waals surface area contributed by atoms with E-state index in [2.05, 4.69) is 18.7 Å². The molecule has 0 bridgehead atoms.